The maximum atomic E-state index is 13.3. The van der Waals surface area contributed by atoms with Crippen LogP contribution in [0.4, 0.5) is 0 Å². The first-order chi connectivity index (χ1) is 17.1. The predicted molar refractivity (Wildman–Crippen MR) is 130 cm³/mol. The minimum absolute atomic E-state index is 0.0283. The number of H-pyrrole nitrogens is 2. The molecule has 2 aliphatic heterocycles. The number of benzene rings is 2. The van der Waals surface area contributed by atoms with Gasteiger partial charge in [0.1, 0.15) is 29.4 Å². The van der Waals surface area contributed by atoms with Gasteiger partial charge in [0, 0.05) is 43.2 Å². The molecule has 35 heavy (non-hydrogen) atoms. The van der Waals surface area contributed by atoms with Crippen LogP contribution in [-0.4, -0.2) is 60.4 Å². The van der Waals surface area contributed by atoms with E-state index in [1.807, 2.05) is 12.1 Å². The molecule has 0 radical (unpaired) electrons. The molecule has 0 amide bonds. The summed E-state index contributed by atoms with van der Waals surface area (Å²) in [5.74, 6) is 0.598. The van der Waals surface area contributed by atoms with Crippen LogP contribution < -0.4 is 15.9 Å². The number of ether oxygens (including phenoxy) is 1. The summed E-state index contributed by atoms with van der Waals surface area (Å²) in [6.07, 6.45) is 5.76. The second-order valence-electron chi connectivity index (χ2n) is 9.04. The summed E-state index contributed by atoms with van der Waals surface area (Å²) in [6.45, 7) is 2.88. The van der Waals surface area contributed by atoms with Crippen molar-refractivity contribution in [1.82, 2.24) is 34.6 Å². The van der Waals surface area contributed by atoms with E-state index in [9.17, 15) is 9.59 Å². The van der Waals surface area contributed by atoms with Crippen LogP contribution in [0.2, 0.25) is 0 Å². The molecule has 0 saturated carbocycles. The second kappa shape index (κ2) is 7.60. The van der Waals surface area contributed by atoms with Gasteiger partial charge in [0.25, 0.3) is 11.1 Å². The van der Waals surface area contributed by atoms with Crippen LogP contribution in [0.1, 0.15) is 6.42 Å². The van der Waals surface area contributed by atoms with Crippen LogP contribution in [0.15, 0.2) is 58.6 Å². The molecule has 1 saturated heterocycles. The monoisotopic (exact) mass is 467 g/mol. The van der Waals surface area contributed by atoms with Crippen molar-refractivity contribution < 1.29 is 4.74 Å². The summed E-state index contributed by atoms with van der Waals surface area (Å²) in [7, 11) is 0. The lowest BCUT2D eigenvalue weighted by Crippen LogP contribution is -2.30. The predicted octanol–water partition coefficient (Wildman–Crippen LogP) is 2.16. The molecule has 0 aliphatic carbocycles. The van der Waals surface area contributed by atoms with Crippen molar-refractivity contribution >= 4 is 21.9 Å². The second-order valence-corrected chi connectivity index (χ2v) is 9.04. The fraction of sp³-hybridized carbons (Fsp3) is 0.240. The Morgan fingerprint density at radius 3 is 2.80 bits per heavy atom. The summed E-state index contributed by atoms with van der Waals surface area (Å²) in [4.78, 5) is 44.6. The highest BCUT2D eigenvalue weighted by atomic mass is 16.5. The zero-order chi connectivity index (χ0) is 23.5. The molecule has 174 valence electrons. The topological polar surface area (TPSA) is 122 Å². The molecular formula is C25H21N7O3. The Labute approximate surface area is 198 Å². The van der Waals surface area contributed by atoms with Gasteiger partial charge in [-0.3, -0.25) is 24.3 Å². The van der Waals surface area contributed by atoms with Gasteiger partial charge >= 0.3 is 0 Å². The lowest BCUT2D eigenvalue weighted by atomic mass is 10.1. The van der Waals surface area contributed by atoms with Crippen LogP contribution in [0.25, 0.3) is 44.3 Å². The van der Waals surface area contributed by atoms with Gasteiger partial charge in [0.05, 0.1) is 23.0 Å². The molecule has 10 heteroatoms. The third-order valence-electron chi connectivity index (χ3n) is 6.86. The van der Waals surface area contributed by atoms with Gasteiger partial charge in [-0.15, -0.1) is 0 Å². The molecule has 7 rings (SSSR count). The van der Waals surface area contributed by atoms with E-state index in [2.05, 4.69) is 25.0 Å². The summed E-state index contributed by atoms with van der Waals surface area (Å²) in [5, 5.41) is 3.76. The fourth-order valence-electron chi connectivity index (χ4n) is 5.10. The van der Waals surface area contributed by atoms with Gasteiger partial charge in [-0.1, -0.05) is 12.1 Å². The van der Waals surface area contributed by atoms with Gasteiger partial charge in [0.15, 0.2) is 0 Å². The fourth-order valence-corrected chi connectivity index (χ4v) is 5.10. The summed E-state index contributed by atoms with van der Waals surface area (Å²) in [6, 6.07) is 9.16. The van der Waals surface area contributed by atoms with Gasteiger partial charge in [-0.05, 0) is 30.2 Å². The highest BCUT2D eigenvalue weighted by molar-refractivity contribution is 5.94. The molecule has 5 heterocycles. The van der Waals surface area contributed by atoms with Crippen molar-refractivity contribution in [2.45, 2.75) is 19.1 Å². The van der Waals surface area contributed by atoms with Crippen LogP contribution in [0.5, 0.6) is 5.75 Å². The highest BCUT2D eigenvalue weighted by Crippen LogP contribution is 2.33. The number of nitrogens with one attached hydrogen (secondary N) is 2. The van der Waals surface area contributed by atoms with Crippen molar-refractivity contribution in [3.8, 4) is 28.1 Å². The number of hydrogen-bond acceptors (Lipinski definition) is 7. The molecule has 2 N–H and O–H groups in total. The number of nitrogens with zero attached hydrogens (tertiary/aromatic N) is 5. The highest BCUT2D eigenvalue weighted by Gasteiger charge is 2.26. The molecule has 5 aromatic rings. The molecule has 2 atom stereocenters. The van der Waals surface area contributed by atoms with E-state index in [1.165, 1.54) is 6.33 Å². The smallest absolute Gasteiger partial charge is 0.275 e. The maximum absolute atomic E-state index is 13.3. The maximum Gasteiger partial charge on any atom is 0.275 e. The van der Waals surface area contributed by atoms with Crippen molar-refractivity contribution in [2.75, 3.05) is 19.6 Å². The van der Waals surface area contributed by atoms with Crippen LogP contribution in [0, 0.1) is 0 Å². The number of rotatable bonds is 1. The van der Waals surface area contributed by atoms with Gasteiger partial charge < -0.3 is 9.72 Å². The quantitative estimate of drug-likeness (QED) is 0.387. The number of aromatic nitrogens is 6. The standard InChI is InChI=1S/C25H21N7O3/c33-24-22-17-2-1-3-18-21(17)30-32(25(18)34)7-6-31-5-4-16(12-31)35-20-9-14(15-10-26-13-27-11-15)8-19(28-24)23(20)29-22/h1-3,8-11,13,16,30H,4-7,12H2,(H,28,33)/t16-/m0/s1. The lowest BCUT2D eigenvalue weighted by molar-refractivity contribution is 0.199. The Bertz CT molecular complexity index is 1720. The average Bonchev–Trinajstić information content (AvgIpc) is 3.46. The van der Waals surface area contributed by atoms with Crippen LogP contribution >= 0.6 is 0 Å². The molecular weight excluding hydrogens is 446 g/mol. The number of aromatic amines is 2. The number of fused-ring (bicyclic) bond motifs is 5. The summed E-state index contributed by atoms with van der Waals surface area (Å²) >= 11 is 0. The molecule has 10 nitrogen and oxygen atoms in total. The normalized spacial score (nSPS) is 19.3. The number of para-hydroxylation sites is 1. The molecule has 2 aromatic carbocycles. The van der Waals surface area contributed by atoms with Crippen LogP contribution in [-0.2, 0) is 6.54 Å². The average molecular weight is 467 g/mol. The summed E-state index contributed by atoms with van der Waals surface area (Å²) in [5.41, 5.74) is 3.75. The molecule has 0 spiro atoms. The van der Waals surface area contributed by atoms with Gasteiger partial charge in [-0.25, -0.2) is 15.0 Å². The van der Waals surface area contributed by atoms with E-state index in [0.717, 1.165) is 37.2 Å². The van der Waals surface area contributed by atoms with Crippen molar-refractivity contribution in [3.05, 3.63) is 69.8 Å². The SMILES string of the molecule is O=c1[nH]c2cc(-c3cncnc3)cc3c2nc1-c1cccc2c(=O)n([nH]c12)CCN1CC[C@@H](C1)O3. The Balaban J connectivity index is 1.52. The van der Waals surface area contributed by atoms with E-state index in [-0.39, 0.29) is 22.9 Å². The Morgan fingerprint density at radius 2 is 1.91 bits per heavy atom. The van der Waals surface area contributed by atoms with Gasteiger partial charge in [0.2, 0.25) is 0 Å². The Hall–Kier alpha value is -4.31. The third-order valence-corrected chi connectivity index (χ3v) is 6.86. The van der Waals surface area contributed by atoms with Crippen molar-refractivity contribution in [3.63, 3.8) is 0 Å². The van der Waals surface area contributed by atoms with Crippen molar-refractivity contribution in [2.24, 2.45) is 0 Å². The van der Waals surface area contributed by atoms with Crippen LogP contribution in [0.3, 0.4) is 0 Å². The first-order valence-corrected chi connectivity index (χ1v) is 11.6. The van der Waals surface area contributed by atoms with E-state index in [4.69, 9.17) is 9.72 Å². The number of hydrogen-bond donors (Lipinski definition) is 2. The Morgan fingerprint density at radius 1 is 1.03 bits per heavy atom. The van der Waals surface area contributed by atoms with E-state index < -0.39 is 0 Å². The minimum atomic E-state index is -0.342. The molecule has 2 aliphatic rings. The summed E-state index contributed by atoms with van der Waals surface area (Å²) < 4.78 is 8.12. The van der Waals surface area contributed by atoms with E-state index >= 15 is 0 Å². The largest absolute Gasteiger partial charge is 0.487 e. The van der Waals surface area contributed by atoms with E-state index in [1.54, 1.807) is 35.3 Å². The first kappa shape index (κ1) is 20.1. The molecule has 6 bridgehead atoms. The minimum Gasteiger partial charge on any atom is -0.487 e. The zero-order valence-electron chi connectivity index (χ0n) is 18.7. The third kappa shape index (κ3) is 3.25. The molecule has 1 unspecified atom stereocenters. The Kier molecular flexibility index (Phi) is 4.37. The first-order valence-electron chi connectivity index (χ1n) is 11.6. The zero-order valence-corrected chi connectivity index (χ0v) is 18.7. The lowest BCUT2D eigenvalue weighted by Gasteiger charge is -2.19. The molecule has 3 aromatic heterocycles. The van der Waals surface area contributed by atoms with Crippen molar-refractivity contribution in [1.29, 1.82) is 0 Å². The van der Waals surface area contributed by atoms with Gasteiger partial charge in [-0.2, -0.15) is 0 Å². The molecule has 1 fully saturated rings. The van der Waals surface area contributed by atoms with E-state index in [0.29, 0.717) is 39.8 Å².